The maximum absolute atomic E-state index is 12.6. The van der Waals surface area contributed by atoms with Crippen LogP contribution >= 0.6 is 0 Å². The van der Waals surface area contributed by atoms with E-state index in [2.05, 4.69) is 34.5 Å². The zero-order chi connectivity index (χ0) is 18.4. The smallest absolute Gasteiger partial charge is 0.244 e. The van der Waals surface area contributed by atoms with E-state index in [-0.39, 0.29) is 12.0 Å². The average Bonchev–Trinajstić information content (AvgIpc) is 2.68. The molecule has 1 aliphatic heterocycles. The molecule has 1 heterocycles. The Labute approximate surface area is 155 Å². The van der Waals surface area contributed by atoms with Gasteiger partial charge >= 0.3 is 0 Å². The molecule has 3 N–H and O–H groups in total. The standard InChI is InChI=1S/C21H27N3O2/c1-21(22,18-10-6-3-7-11-18)20(25)23-14-19-16-24(12-13-26-19)15-17-8-4-2-5-9-17/h2-11,19H,12-16,22H2,1H3,(H,23,25). The lowest BCUT2D eigenvalue weighted by atomic mass is 9.92. The molecule has 2 aromatic carbocycles. The van der Waals surface area contributed by atoms with Gasteiger partial charge in [0.05, 0.1) is 12.7 Å². The second-order valence-electron chi connectivity index (χ2n) is 6.99. The molecule has 1 amide bonds. The van der Waals surface area contributed by atoms with Gasteiger partial charge in [0.25, 0.3) is 0 Å². The average molecular weight is 353 g/mol. The number of rotatable bonds is 6. The van der Waals surface area contributed by atoms with Crippen LogP contribution in [0, 0.1) is 0 Å². The third-order valence-corrected chi connectivity index (χ3v) is 4.81. The predicted molar refractivity (Wildman–Crippen MR) is 102 cm³/mol. The minimum Gasteiger partial charge on any atom is -0.374 e. The molecule has 0 spiro atoms. The van der Waals surface area contributed by atoms with Gasteiger partial charge in [-0.3, -0.25) is 9.69 Å². The number of carbonyl (C=O) groups excluding carboxylic acids is 1. The van der Waals surface area contributed by atoms with E-state index in [0.717, 1.165) is 25.2 Å². The lowest BCUT2D eigenvalue weighted by molar-refractivity contribution is -0.127. The molecule has 1 fully saturated rings. The highest BCUT2D eigenvalue weighted by molar-refractivity contribution is 5.87. The Morgan fingerprint density at radius 3 is 2.54 bits per heavy atom. The number of morpholine rings is 1. The summed E-state index contributed by atoms with van der Waals surface area (Å²) in [5.41, 5.74) is 7.29. The number of hydrogen-bond donors (Lipinski definition) is 2. The van der Waals surface area contributed by atoms with Crippen LogP contribution in [0.25, 0.3) is 0 Å². The van der Waals surface area contributed by atoms with Gasteiger partial charge in [-0.05, 0) is 18.1 Å². The number of ether oxygens (including phenoxy) is 1. The summed E-state index contributed by atoms with van der Waals surface area (Å²) in [5.74, 6) is -0.188. The molecule has 0 radical (unpaired) electrons. The van der Waals surface area contributed by atoms with Gasteiger partial charge < -0.3 is 15.8 Å². The number of carbonyl (C=O) groups is 1. The number of hydrogen-bond acceptors (Lipinski definition) is 4. The summed E-state index contributed by atoms with van der Waals surface area (Å²) in [6.07, 6.45) is -0.0250. The molecule has 0 bridgehead atoms. The minimum absolute atomic E-state index is 0.0250. The van der Waals surface area contributed by atoms with Crippen LogP contribution in [0.1, 0.15) is 18.1 Å². The largest absolute Gasteiger partial charge is 0.374 e. The second kappa shape index (κ2) is 8.45. The summed E-state index contributed by atoms with van der Waals surface area (Å²) in [4.78, 5) is 14.9. The topological polar surface area (TPSA) is 67.6 Å². The van der Waals surface area contributed by atoms with E-state index in [0.29, 0.717) is 13.2 Å². The lowest BCUT2D eigenvalue weighted by Gasteiger charge is -2.33. The molecule has 138 valence electrons. The normalized spacial score (nSPS) is 20.3. The van der Waals surface area contributed by atoms with Crippen LogP contribution in [0.2, 0.25) is 0 Å². The van der Waals surface area contributed by atoms with E-state index in [1.165, 1.54) is 5.56 Å². The quantitative estimate of drug-likeness (QED) is 0.832. The molecule has 0 saturated carbocycles. The minimum atomic E-state index is -1.06. The van der Waals surface area contributed by atoms with Crippen molar-refractivity contribution < 1.29 is 9.53 Å². The molecule has 2 aromatic rings. The van der Waals surface area contributed by atoms with Crippen LogP contribution in [0.15, 0.2) is 60.7 Å². The molecular weight excluding hydrogens is 326 g/mol. The van der Waals surface area contributed by atoms with Crippen molar-refractivity contribution in [3.05, 3.63) is 71.8 Å². The molecular formula is C21H27N3O2. The highest BCUT2D eigenvalue weighted by Gasteiger charge is 2.31. The van der Waals surface area contributed by atoms with Gasteiger partial charge in [0, 0.05) is 26.2 Å². The van der Waals surface area contributed by atoms with Gasteiger partial charge in [-0.25, -0.2) is 0 Å². The first-order chi connectivity index (χ1) is 12.6. The Balaban J connectivity index is 1.51. The van der Waals surface area contributed by atoms with Crippen molar-refractivity contribution in [1.29, 1.82) is 0 Å². The molecule has 0 aliphatic carbocycles. The van der Waals surface area contributed by atoms with Crippen molar-refractivity contribution >= 4 is 5.91 Å². The van der Waals surface area contributed by atoms with Crippen LogP contribution in [0.4, 0.5) is 0 Å². The summed E-state index contributed by atoms with van der Waals surface area (Å²) in [6.45, 7) is 5.46. The molecule has 5 heteroatoms. The van der Waals surface area contributed by atoms with Gasteiger partial charge in [0.2, 0.25) is 5.91 Å². The molecule has 2 atom stereocenters. The molecule has 26 heavy (non-hydrogen) atoms. The fourth-order valence-electron chi connectivity index (χ4n) is 3.19. The van der Waals surface area contributed by atoms with Crippen LogP contribution in [0.3, 0.4) is 0 Å². The first-order valence-corrected chi connectivity index (χ1v) is 9.06. The third kappa shape index (κ3) is 4.69. The Morgan fingerprint density at radius 1 is 1.19 bits per heavy atom. The first kappa shape index (κ1) is 18.6. The van der Waals surface area contributed by atoms with Crippen LogP contribution in [-0.4, -0.2) is 43.2 Å². The lowest BCUT2D eigenvalue weighted by Crippen LogP contribution is -2.53. The highest BCUT2D eigenvalue weighted by atomic mass is 16.5. The summed E-state index contributed by atoms with van der Waals surface area (Å²) >= 11 is 0. The Hall–Kier alpha value is -2.21. The second-order valence-corrected chi connectivity index (χ2v) is 6.99. The fraction of sp³-hybridized carbons (Fsp3) is 0.381. The van der Waals surface area contributed by atoms with Gasteiger partial charge in [0.1, 0.15) is 5.54 Å². The zero-order valence-electron chi connectivity index (χ0n) is 15.2. The van der Waals surface area contributed by atoms with Crippen molar-refractivity contribution in [2.45, 2.75) is 25.1 Å². The van der Waals surface area contributed by atoms with Gasteiger partial charge in [0.15, 0.2) is 0 Å². The molecule has 3 rings (SSSR count). The summed E-state index contributed by atoms with van der Waals surface area (Å²) < 4.78 is 5.82. The number of amides is 1. The summed E-state index contributed by atoms with van der Waals surface area (Å²) in [7, 11) is 0. The van der Waals surface area contributed by atoms with Crippen LogP contribution in [-0.2, 0) is 21.6 Å². The van der Waals surface area contributed by atoms with Crippen molar-refractivity contribution in [3.63, 3.8) is 0 Å². The van der Waals surface area contributed by atoms with E-state index in [4.69, 9.17) is 10.5 Å². The van der Waals surface area contributed by atoms with Crippen molar-refractivity contribution in [1.82, 2.24) is 10.2 Å². The van der Waals surface area contributed by atoms with E-state index in [1.807, 2.05) is 36.4 Å². The monoisotopic (exact) mass is 353 g/mol. The zero-order valence-corrected chi connectivity index (χ0v) is 15.2. The number of nitrogens with zero attached hydrogens (tertiary/aromatic N) is 1. The maximum Gasteiger partial charge on any atom is 0.244 e. The maximum atomic E-state index is 12.6. The van der Waals surface area contributed by atoms with Crippen LogP contribution < -0.4 is 11.1 Å². The van der Waals surface area contributed by atoms with Gasteiger partial charge in [-0.1, -0.05) is 60.7 Å². The van der Waals surface area contributed by atoms with E-state index >= 15 is 0 Å². The van der Waals surface area contributed by atoms with Crippen LogP contribution in [0.5, 0.6) is 0 Å². The molecule has 1 aliphatic rings. The summed E-state index contributed by atoms with van der Waals surface area (Å²) in [5, 5.41) is 2.96. The van der Waals surface area contributed by atoms with Crippen molar-refractivity contribution in [2.24, 2.45) is 5.73 Å². The number of nitrogens with two attached hydrogens (primary N) is 1. The molecule has 0 aromatic heterocycles. The molecule has 1 saturated heterocycles. The van der Waals surface area contributed by atoms with Crippen molar-refractivity contribution in [3.8, 4) is 0 Å². The number of benzene rings is 2. The predicted octanol–water partition coefficient (Wildman–Crippen LogP) is 1.88. The Kier molecular flexibility index (Phi) is 6.04. The SMILES string of the molecule is CC(N)(C(=O)NCC1CN(Cc2ccccc2)CCO1)c1ccccc1. The fourth-order valence-corrected chi connectivity index (χ4v) is 3.19. The van der Waals surface area contributed by atoms with E-state index in [1.54, 1.807) is 6.92 Å². The highest BCUT2D eigenvalue weighted by Crippen LogP contribution is 2.17. The Morgan fingerprint density at radius 2 is 1.85 bits per heavy atom. The molecule has 5 nitrogen and oxygen atoms in total. The van der Waals surface area contributed by atoms with Gasteiger partial charge in [-0.15, -0.1) is 0 Å². The van der Waals surface area contributed by atoms with E-state index in [9.17, 15) is 4.79 Å². The number of nitrogens with one attached hydrogen (secondary N) is 1. The molecule has 2 unspecified atom stereocenters. The van der Waals surface area contributed by atoms with Crippen molar-refractivity contribution in [2.75, 3.05) is 26.2 Å². The summed E-state index contributed by atoms with van der Waals surface area (Å²) in [6, 6.07) is 19.8. The van der Waals surface area contributed by atoms with E-state index < -0.39 is 5.54 Å². The van der Waals surface area contributed by atoms with Gasteiger partial charge in [-0.2, -0.15) is 0 Å². The third-order valence-electron chi connectivity index (χ3n) is 4.81. The first-order valence-electron chi connectivity index (χ1n) is 9.06. The Bertz CT molecular complexity index is 704.